The molecule has 0 bridgehead atoms. The number of hydrogen-bond acceptors (Lipinski definition) is 6. The molecule has 0 aliphatic rings. The Labute approximate surface area is 184 Å². The molecule has 2 rings (SSSR count). The van der Waals surface area contributed by atoms with E-state index < -0.39 is 12.9 Å². The highest BCUT2D eigenvalue weighted by Gasteiger charge is 2.30. The van der Waals surface area contributed by atoms with Crippen molar-refractivity contribution < 1.29 is 18.3 Å². The van der Waals surface area contributed by atoms with Crippen molar-refractivity contribution >= 4 is 18.2 Å². The maximum atomic E-state index is 12.9. The average molecular weight is 448 g/mol. The van der Waals surface area contributed by atoms with E-state index in [2.05, 4.69) is 26.8 Å². The van der Waals surface area contributed by atoms with Gasteiger partial charge in [0.05, 0.1) is 12.7 Å². The monoisotopic (exact) mass is 447 g/mol. The van der Waals surface area contributed by atoms with E-state index in [0.717, 1.165) is 17.8 Å². The Balaban J connectivity index is 2.18. The molecule has 0 saturated heterocycles. The van der Waals surface area contributed by atoms with Crippen LogP contribution in [-0.4, -0.2) is 12.4 Å². The molecule has 0 amide bonds. The quantitative estimate of drug-likeness (QED) is 0.349. The minimum absolute atomic E-state index is 0.0695. The molecule has 0 fully saturated rings. The fourth-order valence-corrected chi connectivity index (χ4v) is 6.19. The number of nitriles is 1. The van der Waals surface area contributed by atoms with Crippen molar-refractivity contribution in [2.75, 3.05) is 12.4 Å². The summed E-state index contributed by atoms with van der Waals surface area (Å²) < 4.78 is 29.9. The molecule has 30 heavy (non-hydrogen) atoms. The molecule has 2 unspecified atom stereocenters. The molecule has 0 aromatic heterocycles. The van der Waals surface area contributed by atoms with Gasteiger partial charge in [-0.2, -0.15) is 5.26 Å². The molecule has 7 heteroatoms. The van der Waals surface area contributed by atoms with Gasteiger partial charge in [0.1, 0.15) is 11.5 Å². The van der Waals surface area contributed by atoms with Gasteiger partial charge in [0.25, 0.3) is 0 Å². The van der Waals surface area contributed by atoms with E-state index in [4.69, 9.17) is 13.8 Å². The first-order valence-electron chi connectivity index (χ1n) is 10.1. The fraction of sp³-hybridized carbons (Fsp3) is 0.435. The van der Waals surface area contributed by atoms with Crippen molar-refractivity contribution in [1.82, 2.24) is 0 Å². The van der Waals surface area contributed by atoms with Crippen LogP contribution in [0.5, 0.6) is 11.5 Å². The van der Waals surface area contributed by atoms with Crippen LogP contribution < -0.4 is 4.74 Å². The summed E-state index contributed by atoms with van der Waals surface area (Å²) in [5, 5.41) is 9.62. The zero-order valence-electron chi connectivity index (χ0n) is 18.3. The van der Waals surface area contributed by atoms with Gasteiger partial charge in [0.2, 0.25) is 0 Å². The predicted octanol–water partition coefficient (Wildman–Crippen LogP) is 7.65. The van der Waals surface area contributed by atoms with Gasteiger partial charge >= 0.3 is 6.80 Å². The Hall–Kier alpha value is -1.77. The fourth-order valence-electron chi connectivity index (χ4n) is 2.65. The lowest BCUT2D eigenvalue weighted by Gasteiger charge is -2.20. The SMILES string of the molecule is CCCSP(=O)(OCC)OC(C#N)c1cccc(Oc2ccc(C(C)(C)C)cc2)c1. The van der Waals surface area contributed by atoms with Crippen molar-refractivity contribution in [2.45, 2.75) is 52.6 Å². The summed E-state index contributed by atoms with van der Waals surface area (Å²) >= 11 is 1.13. The predicted molar refractivity (Wildman–Crippen MR) is 123 cm³/mol. The van der Waals surface area contributed by atoms with E-state index in [9.17, 15) is 9.83 Å². The van der Waals surface area contributed by atoms with Crippen LogP contribution in [0.15, 0.2) is 48.5 Å². The Morgan fingerprint density at radius 2 is 1.80 bits per heavy atom. The van der Waals surface area contributed by atoms with Gasteiger partial charge < -0.3 is 9.26 Å². The molecular weight excluding hydrogens is 417 g/mol. The molecule has 162 valence electrons. The third kappa shape index (κ3) is 7.18. The second kappa shape index (κ2) is 11.0. The van der Waals surface area contributed by atoms with Gasteiger partial charge in [0.15, 0.2) is 6.10 Å². The third-order valence-corrected chi connectivity index (χ3v) is 8.23. The lowest BCUT2D eigenvalue weighted by atomic mass is 9.87. The van der Waals surface area contributed by atoms with E-state index in [-0.39, 0.29) is 12.0 Å². The molecule has 2 aromatic rings. The molecule has 0 heterocycles. The second-order valence-electron chi connectivity index (χ2n) is 7.76. The van der Waals surface area contributed by atoms with Crippen LogP contribution in [-0.2, 0) is 19.0 Å². The summed E-state index contributed by atoms with van der Waals surface area (Å²) in [6, 6.07) is 17.1. The van der Waals surface area contributed by atoms with E-state index in [1.165, 1.54) is 5.56 Å². The van der Waals surface area contributed by atoms with Crippen LogP contribution >= 0.6 is 18.2 Å². The highest BCUT2D eigenvalue weighted by molar-refractivity contribution is 8.55. The van der Waals surface area contributed by atoms with Crippen LogP contribution in [0.4, 0.5) is 0 Å². The lowest BCUT2D eigenvalue weighted by molar-refractivity contribution is 0.198. The number of nitrogens with zero attached hydrogens (tertiary/aromatic N) is 1. The third-order valence-electron chi connectivity index (χ3n) is 4.21. The Kier molecular flexibility index (Phi) is 9.00. The number of rotatable bonds is 10. The lowest BCUT2D eigenvalue weighted by Crippen LogP contribution is -2.10. The van der Waals surface area contributed by atoms with E-state index in [0.29, 0.717) is 22.8 Å². The zero-order valence-corrected chi connectivity index (χ0v) is 20.0. The van der Waals surface area contributed by atoms with Gasteiger partial charge in [-0.05, 0) is 65.5 Å². The molecular formula is C23H30NO4PS. The Morgan fingerprint density at radius 3 is 2.37 bits per heavy atom. The minimum atomic E-state index is -3.42. The molecule has 2 aromatic carbocycles. The van der Waals surface area contributed by atoms with Crippen molar-refractivity contribution in [3.8, 4) is 17.6 Å². The van der Waals surface area contributed by atoms with E-state index in [1.54, 1.807) is 25.1 Å². The summed E-state index contributed by atoms with van der Waals surface area (Å²) in [4.78, 5) is 0. The van der Waals surface area contributed by atoms with Gasteiger partial charge in [-0.3, -0.25) is 4.52 Å². The summed E-state index contributed by atoms with van der Waals surface area (Å²) in [5.41, 5.74) is 1.86. The topological polar surface area (TPSA) is 68.5 Å². The molecule has 0 saturated carbocycles. The van der Waals surface area contributed by atoms with Gasteiger partial charge in [0, 0.05) is 5.75 Å². The smallest absolute Gasteiger partial charge is 0.390 e. The van der Waals surface area contributed by atoms with Crippen molar-refractivity contribution in [1.29, 1.82) is 5.26 Å². The molecule has 5 nitrogen and oxygen atoms in total. The van der Waals surface area contributed by atoms with Crippen molar-refractivity contribution in [3.63, 3.8) is 0 Å². The molecule has 0 aliphatic carbocycles. The molecule has 0 spiro atoms. The first kappa shape index (κ1) is 24.5. The number of ether oxygens (including phenoxy) is 1. The zero-order chi connectivity index (χ0) is 22.2. The first-order valence-corrected chi connectivity index (χ1v) is 13.2. The maximum Gasteiger partial charge on any atom is 0.390 e. The highest BCUT2D eigenvalue weighted by atomic mass is 32.7. The molecule has 0 N–H and O–H groups in total. The summed E-state index contributed by atoms with van der Waals surface area (Å²) in [5.74, 6) is 1.91. The highest BCUT2D eigenvalue weighted by Crippen LogP contribution is 2.63. The van der Waals surface area contributed by atoms with Crippen molar-refractivity contribution in [2.24, 2.45) is 0 Å². The largest absolute Gasteiger partial charge is 0.457 e. The standard InChI is InChI=1S/C23H30NO4PS/c1-6-15-30-29(25,26-7-2)28-22(17-24)18-9-8-10-21(16-18)27-20-13-11-19(12-14-20)23(3,4)5/h8-14,16,22H,6-7,15H2,1-5H3. The van der Waals surface area contributed by atoms with Crippen LogP contribution in [0.1, 0.15) is 58.3 Å². The minimum Gasteiger partial charge on any atom is -0.457 e. The Bertz CT molecular complexity index is 903. The summed E-state index contributed by atoms with van der Waals surface area (Å²) in [7, 11) is 0. The van der Waals surface area contributed by atoms with Crippen LogP contribution in [0.2, 0.25) is 0 Å². The summed E-state index contributed by atoms with van der Waals surface area (Å²) in [6.07, 6.45) is -0.182. The normalized spacial score (nSPS) is 14.5. The molecule has 0 radical (unpaired) electrons. The van der Waals surface area contributed by atoms with E-state index >= 15 is 0 Å². The second-order valence-corrected chi connectivity index (χ2v) is 11.9. The van der Waals surface area contributed by atoms with Crippen LogP contribution in [0.3, 0.4) is 0 Å². The number of hydrogen-bond donors (Lipinski definition) is 0. The first-order chi connectivity index (χ1) is 14.2. The molecule has 2 atom stereocenters. The van der Waals surface area contributed by atoms with Crippen LogP contribution in [0.25, 0.3) is 0 Å². The van der Waals surface area contributed by atoms with Crippen molar-refractivity contribution in [3.05, 3.63) is 59.7 Å². The molecule has 0 aliphatic heterocycles. The van der Waals surface area contributed by atoms with Crippen LogP contribution in [0, 0.1) is 11.3 Å². The summed E-state index contributed by atoms with van der Waals surface area (Å²) in [6.45, 7) is 7.05. The van der Waals surface area contributed by atoms with Gasteiger partial charge in [-0.25, -0.2) is 4.57 Å². The Morgan fingerprint density at radius 1 is 1.10 bits per heavy atom. The number of benzene rings is 2. The van der Waals surface area contributed by atoms with Gasteiger partial charge in [-0.15, -0.1) is 0 Å². The average Bonchev–Trinajstić information content (AvgIpc) is 2.71. The van der Waals surface area contributed by atoms with Gasteiger partial charge in [-0.1, -0.05) is 52.0 Å². The van der Waals surface area contributed by atoms with E-state index in [1.807, 2.05) is 37.3 Å². The maximum absolute atomic E-state index is 12.9.